The summed E-state index contributed by atoms with van der Waals surface area (Å²) in [6.45, 7) is 12.6. The van der Waals surface area contributed by atoms with Crippen LogP contribution < -0.4 is 14.8 Å². The summed E-state index contributed by atoms with van der Waals surface area (Å²) >= 11 is 0. The van der Waals surface area contributed by atoms with Gasteiger partial charge in [-0.1, -0.05) is 38.5 Å². The highest BCUT2D eigenvalue weighted by Crippen LogP contribution is 2.35. The van der Waals surface area contributed by atoms with Crippen LogP contribution in [-0.4, -0.2) is 41.2 Å². The van der Waals surface area contributed by atoms with Crippen molar-refractivity contribution in [1.29, 1.82) is 0 Å². The first kappa shape index (κ1) is 28.9. The zero-order valence-corrected chi connectivity index (χ0v) is 23.4. The SMILES string of the molecule is Cc1ccc(-n2nc(C(=O)O)c(C)c2Oc2ccc(NC(=O)CC(C)(C)C)cc2S(=O)(=O)NC(C)C)cc1. The minimum absolute atomic E-state index is 0.0526. The number of hydrogen-bond donors (Lipinski definition) is 3. The molecule has 38 heavy (non-hydrogen) atoms. The molecule has 3 aromatic rings. The Labute approximate surface area is 223 Å². The molecule has 11 heteroatoms. The van der Waals surface area contributed by atoms with Crippen molar-refractivity contribution in [3.8, 4) is 17.3 Å². The van der Waals surface area contributed by atoms with Crippen LogP contribution in [0.15, 0.2) is 47.4 Å². The number of ether oxygens (including phenoxy) is 1. The van der Waals surface area contributed by atoms with E-state index in [9.17, 15) is 23.1 Å². The Morgan fingerprint density at radius 3 is 2.26 bits per heavy atom. The number of sulfonamides is 1. The molecule has 2 aromatic carbocycles. The molecule has 0 aliphatic carbocycles. The molecule has 1 heterocycles. The number of benzene rings is 2. The van der Waals surface area contributed by atoms with E-state index in [1.807, 2.05) is 39.8 Å². The number of carboxylic acids is 1. The first-order valence-corrected chi connectivity index (χ1v) is 13.6. The number of amides is 1. The molecule has 0 saturated heterocycles. The number of carboxylic acid groups (broad SMARTS) is 1. The molecule has 204 valence electrons. The summed E-state index contributed by atoms with van der Waals surface area (Å²) in [5.41, 5.74) is 1.56. The number of carbonyl (C=O) groups is 2. The number of aromatic carboxylic acids is 1. The fourth-order valence-electron chi connectivity index (χ4n) is 3.71. The molecular weight excluding hydrogens is 508 g/mol. The molecule has 0 aliphatic rings. The van der Waals surface area contributed by atoms with Crippen LogP contribution >= 0.6 is 0 Å². The maximum absolute atomic E-state index is 13.3. The quantitative estimate of drug-likeness (QED) is 0.344. The summed E-state index contributed by atoms with van der Waals surface area (Å²) in [5, 5.41) is 16.6. The zero-order valence-electron chi connectivity index (χ0n) is 22.6. The lowest BCUT2D eigenvalue weighted by molar-refractivity contribution is -0.117. The third kappa shape index (κ3) is 6.99. The topological polar surface area (TPSA) is 140 Å². The molecule has 0 unspecified atom stereocenters. The third-order valence-corrected chi connectivity index (χ3v) is 7.03. The first-order valence-electron chi connectivity index (χ1n) is 12.1. The predicted molar refractivity (Wildman–Crippen MR) is 145 cm³/mol. The second-order valence-corrected chi connectivity index (χ2v) is 12.3. The first-order chi connectivity index (χ1) is 17.6. The van der Waals surface area contributed by atoms with Crippen LogP contribution in [0.25, 0.3) is 5.69 Å². The van der Waals surface area contributed by atoms with E-state index in [0.29, 0.717) is 5.69 Å². The molecule has 0 bridgehead atoms. The molecule has 3 N–H and O–H groups in total. The van der Waals surface area contributed by atoms with Crippen molar-refractivity contribution in [3.63, 3.8) is 0 Å². The molecule has 0 spiro atoms. The average Bonchev–Trinajstić information content (AvgIpc) is 3.09. The molecule has 1 aromatic heterocycles. The van der Waals surface area contributed by atoms with E-state index in [2.05, 4.69) is 15.1 Å². The number of rotatable bonds is 9. The highest BCUT2D eigenvalue weighted by atomic mass is 32.2. The van der Waals surface area contributed by atoms with Crippen molar-refractivity contribution in [2.45, 2.75) is 65.8 Å². The summed E-state index contributed by atoms with van der Waals surface area (Å²) in [6, 6.07) is 11.1. The smallest absolute Gasteiger partial charge is 0.356 e. The summed E-state index contributed by atoms with van der Waals surface area (Å²) in [6.07, 6.45) is 0.241. The van der Waals surface area contributed by atoms with Gasteiger partial charge in [-0.2, -0.15) is 9.78 Å². The largest absolute Gasteiger partial charge is 0.476 e. The van der Waals surface area contributed by atoms with Gasteiger partial charge in [0.05, 0.1) is 5.69 Å². The van der Waals surface area contributed by atoms with Crippen molar-refractivity contribution in [2.24, 2.45) is 5.41 Å². The van der Waals surface area contributed by atoms with Gasteiger partial charge in [0.2, 0.25) is 21.8 Å². The summed E-state index contributed by atoms with van der Waals surface area (Å²) < 4.78 is 36.5. The summed E-state index contributed by atoms with van der Waals surface area (Å²) in [5.74, 6) is -1.51. The van der Waals surface area contributed by atoms with Gasteiger partial charge in [0.1, 0.15) is 10.6 Å². The van der Waals surface area contributed by atoms with Crippen LogP contribution in [0.1, 0.15) is 62.7 Å². The molecule has 0 radical (unpaired) electrons. The molecule has 0 aliphatic heterocycles. The second-order valence-electron chi connectivity index (χ2n) is 10.7. The van der Waals surface area contributed by atoms with Crippen LogP contribution in [-0.2, 0) is 14.8 Å². The number of hydrogen-bond acceptors (Lipinski definition) is 6. The number of aromatic nitrogens is 2. The maximum atomic E-state index is 13.3. The van der Waals surface area contributed by atoms with Crippen molar-refractivity contribution in [2.75, 3.05) is 5.32 Å². The van der Waals surface area contributed by atoms with Crippen molar-refractivity contribution < 1.29 is 27.9 Å². The highest BCUT2D eigenvalue weighted by Gasteiger charge is 2.27. The summed E-state index contributed by atoms with van der Waals surface area (Å²) in [4.78, 5) is 24.1. The number of nitrogens with one attached hydrogen (secondary N) is 2. The van der Waals surface area contributed by atoms with Crippen LogP contribution in [0.2, 0.25) is 0 Å². The van der Waals surface area contributed by atoms with Gasteiger partial charge in [0.15, 0.2) is 5.69 Å². The monoisotopic (exact) mass is 542 g/mol. The maximum Gasteiger partial charge on any atom is 0.356 e. The molecule has 0 saturated carbocycles. The van der Waals surface area contributed by atoms with E-state index in [0.717, 1.165) is 5.56 Å². The normalized spacial score (nSPS) is 12.0. The van der Waals surface area contributed by atoms with Crippen LogP contribution in [0.3, 0.4) is 0 Å². The molecular formula is C27H34N4O6S. The molecule has 0 atom stereocenters. The van der Waals surface area contributed by atoms with Gasteiger partial charge >= 0.3 is 5.97 Å². The van der Waals surface area contributed by atoms with Gasteiger partial charge in [-0.05, 0) is 63.4 Å². The molecule has 1 amide bonds. The van der Waals surface area contributed by atoms with Gasteiger partial charge in [0.25, 0.3) is 0 Å². The van der Waals surface area contributed by atoms with E-state index >= 15 is 0 Å². The lowest BCUT2D eigenvalue weighted by atomic mass is 9.92. The Hall–Kier alpha value is -3.70. The van der Waals surface area contributed by atoms with Gasteiger partial charge in [0, 0.05) is 23.7 Å². The zero-order chi connectivity index (χ0) is 28.4. The van der Waals surface area contributed by atoms with Gasteiger partial charge in [-0.3, -0.25) is 4.79 Å². The van der Waals surface area contributed by atoms with Gasteiger partial charge < -0.3 is 15.2 Å². The Morgan fingerprint density at radius 1 is 1.08 bits per heavy atom. The molecule has 3 rings (SSSR count). The summed E-state index contributed by atoms with van der Waals surface area (Å²) in [7, 11) is -4.08. The highest BCUT2D eigenvalue weighted by molar-refractivity contribution is 7.89. The molecule has 0 fully saturated rings. The standard InChI is InChI=1S/C27H34N4O6S/c1-16(2)30-38(35,36)22-14-19(28-23(32)15-27(5,6)7)10-13-21(22)37-25-18(4)24(26(33)34)29-31(25)20-11-8-17(3)9-12-20/h8-14,16,30H,15H2,1-7H3,(H,28,32)(H,33,34). The van der Waals surface area contributed by atoms with Crippen molar-refractivity contribution in [3.05, 3.63) is 59.3 Å². The van der Waals surface area contributed by atoms with Crippen LogP contribution in [0.4, 0.5) is 5.69 Å². The van der Waals surface area contributed by atoms with E-state index in [4.69, 9.17) is 4.74 Å². The second kappa shape index (κ2) is 11.0. The van der Waals surface area contributed by atoms with E-state index in [1.54, 1.807) is 26.0 Å². The van der Waals surface area contributed by atoms with Crippen molar-refractivity contribution in [1.82, 2.24) is 14.5 Å². The van der Waals surface area contributed by atoms with Crippen molar-refractivity contribution >= 4 is 27.6 Å². The Morgan fingerprint density at radius 2 is 1.71 bits per heavy atom. The van der Waals surface area contributed by atoms with Gasteiger partial charge in [-0.15, -0.1) is 0 Å². The van der Waals surface area contributed by atoms with Crippen LogP contribution in [0, 0.1) is 19.3 Å². The number of carbonyl (C=O) groups excluding carboxylic acids is 1. The van der Waals surface area contributed by atoms with E-state index in [-0.39, 0.29) is 51.2 Å². The Bertz CT molecular complexity index is 1450. The van der Waals surface area contributed by atoms with Crippen LogP contribution in [0.5, 0.6) is 11.6 Å². The Kier molecular flexibility index (Phi) is 8.33. The minimum atomic E-state index is -4.08. The number of nitrogens with zero attached hydrogens (tertiary/aromatic N) is 2. The number of aryl methyl sites for hydroxylation is 1. The fourth-order valence-corrected chi connectivity index (χ4v) is 5.11. The van der Waals surface area contributed by atoms with E-state index < -0.39 is 22.0 Å². The lowest BCUT2D eigenvalue weighted by Gasteiger charge is -2.19. The predicted octanol–water partition coefficient (Wildman–Crippen LogP) is 5.04. The third-order valence-electron chi connectivity index (χ3n) is 5.35. The average molecular weight is 543 g/mol. The molecule has 10 nitrogen and oxygen atoms in total. The number of anilines is 1. The van der Waals surface area contributed by atoms with E-state index in [1.165, 1.54) is 29.8 Å². The van der Waals surface area contributed by atoms with Gasteiger partial charge in [-0.25, -0.2) is 17.9 Å². The minimum Gasteiger partial charge on any atom is -0.476 e. The lowest BCUT2D eigenvalue weighted by Crippen LogP contribution is -2.30. The Balaban J connectivity index is 2.13. The fraction of sp³-hybridized carbons (Fsp3) is 0.370.